The van der Waals surface area contributed by atoms with Gasteiger partial charge in [0, 0.05) is 5.39 Å². The van der Waals surface area contributed by atoms with E-state index in [0.717, 1.165) is 10.8 Å². The highest BCUT2D eigenvalue weighted by molar-refractivity contribution is 6.58. The standard InChI is InChI=1S/C16H11BO4.2C2H6/c18-17(19)11-6-8-13-15(9-11)21-16-12-4-2-1-3-10(12)5-7-14(16)20-13;2*1-2/h1-9,18-19H;2*1-2H3. The number of benzene rings is 3. The first kappa shape index (κ1) is 18.8. The minimum atomic E-state index is -1.53. The molecule has 0 saturated heterocycles. The Balaban J connectivity index is 0.000000528. The summed E-state index contributed by atoms with van der Waals surface area (Å²) in [4.78, 5) is 0. The van der Waals surface area contributed by atoms with Gasteiger partial charge in [0.1, 0.15) is 0 Å². The minimum absolute atomic E-state index is 0.362. The first-order chi connectivity index (χ1) is 12.2. The van der Waals surface area contributed by atoms with E-state index in [1.54, 1.807) is 18.2 Å². The van der Waals surface area contributed by atoms with Crippen molar-refractivity contribution in [2.24, 2.45) is 0 Å². The van der Waals surface area contributed by atoms with Crippen LogP contribution in [0.15, 0.2) is 54.6 Å². The van der Waals surface area contributed by atoms with E-state index in [1.807, 2.05) is 64.1 Å². The molecule has 5 heteroatoms. The van der Waals surface area contributed by atoms with Crippen LogP contribution in [0.5, 0.6) is 23.0 Å². The van der Waals surface area contributed by atoms with Crippen molar-refractivity contribution in [3.8, 4) is 23.0 Å². The molecule has 3 aromatic rings. The first-order valence-electron chi connectivity index (χ1n) is 8.60. The smallest absolute Gasteiger partial charge is 0.449 e. The highest BCUT2D eigenvalue weighted by Gasteiger charge is 2.23. The van der Waals surface area contributed by atoms with Crippen LogP contribution >= 0.6 is 0 Å². The molecule has 0 spiro atoms. The summed E-state index contributed by atoms with van der Waals surface area (Å²) in [6.45, 7) is 8.00. The molecule has 0 bridgehead atoms. The lowest BCUT2D eigenvalue weighted by atomic mass is 9.80. The van der Waals surface area contributed by atoms with Crippen molar-refractivity contribution in [3.05, 3.63) is 54.6 Å². The van der Waals surface area contributed by atoms with E-state index < -0.39 is 7.12 Å². The Hall–Kier alpha value is -2.50. The van der Waals surface area contributed by atoms with E-state index >= 15 is 0 Å². The molecule has 1 aliphatic heterocycles. The average Bonchev–Trinajstić information content (AvgIpc) is 2.69. The van der Waals surface area contributed by atoms with Crippen molar-refractivity contribution in [3.63, 3.8) is 0 Å². The second-order valence-corrected chi connectivity index (χ2v) is 4.90. The zero-order chi connectivity index (χ0) is 18.4. The number of fused-ring (bicyclic) bond motifs is 4. The van der Waals surface area contributed by atoms with Crippen LogP contribution in [0.1, 0.15) is 27.7 Å². The van der Waals surface area contributed by atoms with Crippen molar-refractivity contribution < 1.29 is 19.5 Å². The Labute approximate surface area is 148 Å². The summed E-state index contributed by atoms with van der Waals surface area (Å²) < 4.78 is 11.8. The third-order valence-electron chi connectivity index (χ3n) is 3.54. The second-order valence-electron chi connectivity index (χ2n) is 4.90. The molecule has 130 valence electrons. The molecule has 25 heavy (non-hydrogen) atoms. The van der Waals surface area contributed by atoms with Gasteiger partial charge < -0.3 is 19.5 Å². The third kappa shape index (κ3) is 3.78. The summed E-state index contributed by atoms with van der Waals surface area (Å²) >= 11 is 0. The molecule has 1 heterocycles. The average molecular weight is 338 g/mol. The molecule has 0 aromatic heterocycles. The Morgan fingerprint density at radius 2 is 1.40 bits per heavy atom. The van der Waals surface area contributed by atoms with Gasteiger partial charge in [0.15, 0.2) is 23.0 Å². The van der Waals surface area contributed by atoms with Gasteiger partial charge in [0.2, 0.25) is 0 Å². The molecular weight excluding hydrogens is 315 g/mol. The molecule has 0 saturated carbocycles. The topological polar surface area (TPSA) is 58.9 Å². The number of hydrogen-bond donors (Lipinski definition) is 2. The molecule has 0 unspecified atom stereocenters. The van der Waals surface area contributed by atoms with E-state index in [0.29, 0.717) is 28.5 Å². The molecule has 0 amide bonds. The molecule has 0 atom stereocenters. The highest BCUT2D eigenvalue weighted by atomic mass is 16.6. The second kappa shape index (κ2) is 8.56. The molecular formula is C20H23BO4. The summed E-state index contributed by atoms with van der Waals surface area (Å²) in [6.07, 6.45) is 0. The van der Waals surface area contributed by atoms with Crippen molar-refractivity contribution in [1.82, 2.24) is 0 Å². The molecule has 0 fully saturated rings. The van der Waals surface area contributed by atoms with E-state index in [9.17, 15) is 10.0 Å². The fraction of sp³-hybridized carbons (Fsp3) is 0.200. The summed E-state index contributed by atoms with van der Waals surface area (Å²) in [7, 11) is -1.53. The minimum Gasteiger partial charge on any atom is -0.449 e. The summed E-state index contributed by atoms with van der Waals surface area (Å²) in [6, 6.07) is 16.6. The van der Waals surface area contributed by atoms with Crippen molar-refractivity contribution in [2.45, 2.75) is 27.7 Å². The van der Waals surface area contributed by atoms with Crippen LogP contribution in [0, 0.1) is 0 Å². The van der Waals surface area contributed by atoms with E-state index in [1.165, 1.54) is 0 Å². The van der Waals surface area contributed by atoms with Crippen molar-refractivity contribution in [1.29, 1.82) is 0 Å². The SMILES string of the molecule is CC.CC.OB(O)c1ccc2c(c1)Oc1c(ccc3ccccc13)O2. The van der Waals surface area contributed by atoms with Crippen LogP contribution < -0.4 is 14.9 Å². The van der Waals surface area contributed by atoms with Gasteiger partial charge in [0.05, 0.1) is 0 Å². The fourth-order valence-electron chi connectivity index (χ4n) is 2.49. The van der Waals surface area contributed by atoms with Gasteiger partial charge in [-0.15, -0.1) is 0 Å². The van der Waals surface area contributed by atoms with Crippen LogP contribution in [0.4, 0.5) is 0 Å². The monoisotopic (exact) mass is 338 g/mol. The van der Waals surface area contributed by atoms with Crippen LogP contribution in [-0.2, 0) is 0 Å². The predicted molar refractivity (Wildman–Crippen MR) is 103 cm³/mol. The Bertz CT molecular complexity index is 846. The van der Waals surface area contributed by atoms with Gasteiger partial charge >= 0.3 is 7.12 Å². The largest absolute Gasteiger partial charge is 0.488 e. The zero-order valence-electron chi connectivity index (χ0n) is 15.0. The Morgan fingerprint density at radius 1 is 0.720 bits per heavy atom. The third-order valence-corrected chi connectivity index (χ3v) is 3.54. The Morgan fingerprint density at radius 3 is 2.12 bits per heavy atom. The molecule has 3 aromatic carbocycles. The van der Waals surface area contributed by atoms with E-state index in [2.05, 4.69) is 0 Å². The lowest BCUT2D eigenvalue weighted by Gasteiger charge is -2.22. The van der Waals surface area contributed by atoms with Gasteiger partial charge in [-0.1, -0.05) is 64.1 Å². The van der Waals surface area contributed by atoms with Crippen LogP contribution in [0.25, 0.3) is 10.8 Å². The molecule has 4 nitrogen and oxygen atoms in total. The van der Waals surface area contributed by atoms with Crippen LogP contribution in [0.2, 0.25) is 0 Å². The lowest BCUT2D eigenvalue weighted by Crippen LogP contribution is -2.29. The number of ether oxygens (including phenoxy) is 2. The normalized spacial score (nSPS) is 10.6. The van der Waals surface area contributed by atoms with Crippen LogP contribution in [-0.4, -0.2) is 17.2 Å². The molecule has 0 radical (unpaired) electrons. The lowest BCUT2D eigenvalue weighted by molar-refractivity contribution is 0.363. The molecule has 2 N–H and O–H groups in total. The van der Waals surface area contributed by atoms with E-state index in [4.69, 9.17) is 9.47 Å². The maximum absolute atomic E-state index is 9.25. The summed E-state index contributed by atoms with van der Waals surface area (Å²) in [5.41, 5.74) is 0.362. The van der Waals surface area contributed by atoms with E-state index in [-0.39, 0.29) is 0 Å². The first-order valence-corrected chi connectivity index (χ1v) is 8.60. The van der Waals surface area contributed by atoms with Gasteiger partial charge in [-0.2, -0.15) is 0 Å². The summed E-state index contributed by atoms with van der Waals surface area (Å²) in [5, 5.41) is 20.5. The maximum Gasteiger partial charge on any atom is 0.488 e. The number of rotatable bonds is 1. The summed E-state index contributed by atoms with van der Waals surface area (Å²) in [5.74, 6) is 2.33. The van der Waals surface area contributed by atoms with Crippen molar-refractivity contribution in [2.75, 3.05) is 0 Å². The molecule has 0 aliphatic carbocycles. The highest BCUT2D eigenvalue weighted by Crippen LogP contribution is 2.47. The van der Waals surface area contributed by atoms with Gasteiger partial charge in [-0.05, 0) is 29.0 Å². The quantitative estimate of drug-likeness (QED) is 0.503. The van der Waals surface area contributed by atoms with Gasteiger partial charge in [-0.25, -0.2) is 0 Å². The maximum atomic E-state index is 9.25. The Kier molecular flexibility index (Phi) is 6.45. The fourth-order valence-corrected chi connectivity index (χ4v) is 2.49. The molecule has 1 aliphatic rings. The van der Waals surface area contributed by atoms with Gasteiger partial charge in [0.25, 0.3) is 0 Å². The zero-order valence-corrected chi connectivity index (χ0v) is 15.0. The number of hydrogen-bond acceptors (Lipinski definition) is 4. The van der Waals surface area contributed by atoms with Gasteiger partial charge in [-0.3, -0.25) is 0 Å². The predicted octanol–water partition coefficient (Wildman–Crippen LogP) is 4.47. The van der Waals surface area contributed by atoms with Crippen LogP contribution in [0.3, 0.4) is 0 Å². The van der Waals surface area contributed by atoms with Crippen molar-refractivity contribution >= 4 is 23.4 Å². The molecule has 4 rings (SSSR count).